The lowest BCUT2D eigenvalue weighted by Crippen LogP contribution is -2.71. The molecular formula is C11H11N3O4S. The number of benzene rings is 1. The number of carbonyl (C=O) groups is 2. The van der Waals surface area contributed by atoms with Gasteiger partial charge in [-0.2, -0.15) is 4.31 Å². The second-order valence-electron chi connectivity index (χ2n) is 4.58. The normalized spacial score (nSPS) is 21.9. The van der Waals surface area contributed by atoms with Gasteiger partial charge in [0, 0.05) is 13.1 Å². The highest BCUT2D eigenvalue weighted by Gasteiger charge is 2.58. The van der Waals surface area contributed by atoms with Crippen molar-refractivity contribution in [3.63, 3.8) is 0 Å². The molecule has 100 valence electrons. The fourth-order valence-corrected chi connectivity index (χ4v) is 3.80. The molecule has 3 rings (SSSR count). The zero-order valence-electron chi connectivity index (χ0n) is 9.79. The Morgan fingerprint density at radius 3 is 2.26 bits per heavy atom. The van der Waals surface area contributed by atoms with Crippen molar-refractivity contribution in [2.24, 2.45) is 0 Å². The molecule has 0 saturated carbocycles. The number of nitrogens with one attached hydrogen (secondary N) is 2. The number of sulfonamides is 1. The Hall–Kier alpha value is -1.93. The van der Waals surface area contributed by atoms with Gasteiger partial charge in [0.05, 0.1) is 4.90 Å². The summed E-state index contributed by atoms with van der Waals surface area (Å²) in [6, 6.07) is 7.39. The summed E-state index contributed by atoms with van der Waals surface area (Å²) in [5.74, 6) is -0.475. The topological polar surface area (TPSA) is 95.6 Å². The van der Waals surface area contributed by atoms with E-state index in [2.05, 4.69) is 10.6 Å². The molecule has 19 heavy (non-hydrogen) atoms. The van der Waals surface area contributed by atoms with Gasteiger partial charge in [0.15, 0.2) is 0 Å². The summed E-state index contributed by atoms with van der Waals surface area (Å²) >= 11 is 0. The maximum Gasteiger partial charge on any atom is 0.322 e. The number of carbonyl (C=O) groups excluding carboxylic acids is 2. The molecule has 0 radical (unpaired) electrons. The van der Waals surface area contributed by atoms with Gasteiger partial charge in [-0.15, -0.1) is 0 Å². The van der Waals surface area contributed by atoms with Crippen molar-refractivity contribution < 1.29 is 18.0 Å². The first kappa shape index (κ1) is 12.1. The van der Waals surface area contributed by atoms with Crippen molar-refractivity contribution in [2.45, 2.75) is 10.4 Å². The summed E-state index contributed by atoms with van der Waals surface area (Å²) in [5.41, 5.74) is -1.10. The molecule has 2 aliphatic rings. The van der Waals surface area contributed by atoms with Crippen molar-refractivity contribution >= 4 is 22.0 Å². The van der Waals surface area contributed by atoms with Crippen LogP contribution in [0.2, 0.25) is 0 Å². The molecule has 0 unspecified atom stereocenters. The number of amides is 3. The number of nitrogens with zero attached hydrogens (tertiary/aromatic N) is 1. The van der Waals surface area contributed by atoms with Crippen molar-refractivity contribution in [1.29, 1.82) is 0 Å². The smallest absolute Gasteiger partial charge is 0.321 e. The number of hydrogen-bond acceptors (Lipinski definition) is 4. The van der Waals surface area contributed by atoms with Gasteiger partial charge in [-0.3, -0.25) is 10.1 Å². The largest absolute Gasteiger partial charge is 0.322 e. The van der Waals surface area contributed by atoms with E-state index in [1.165, 1.54) is 16.4 Å². The lowest BCUT2D eigenvalue weighted by atomic mass is 9.93. The van der Waals surface area contributed by atoms with Gasteiger partial charge in [0.25, 0.3) is 5.91 Å². The summed E-state index contributed by atoms with van der Waals surface area (Å²) in [5, 5.41) is 4.58. The van der Waals surface area contributed by atoms with Gasteiger partial charge >= 0.3 is 6.03 Å². The van der Waals surface area contributed by atoms with E-state index in [9.17, 15) is 18.0 Å². The van der Waals surface area contributed by atoms with E-state index in [0.29, 0.717) is 0 Å². The molecule has 2 heterocycles. The standard InChI is InChI=1S/C11H11N3O4S/c15-9-11(13-10(16)12-9)6-14(7-11)19(17,18)8-4-2-1-3-5-8/h1-5H,6-7H2,(H2,12,13,15,16). The third kappa shape index (κ3) is 1.71. The summed E-state index contributed by atoms with van der Waals surface area (Å²) in [7, 11) is -3.60. The summed E-state index contributed by atoms with van der Waals surface area (Å²) in [6.07, 6.45) is 0. The second kappa shape index (κ2) is 3.78. The Balaban J connectivity index is 1.81. The van der Waals surface area contributed by atoms with Crippen LogP contribution in [0.15, 0.2) is 35.2 Å². The van der Waals surface area contributed by atoms with E-state index >= 15 is 0 Å². The van der Waals surface area contributed by atoms with Gasteiger partial charge in [0.1, 0.15) is 5.54 Å². The predicted molar refractivity (Wildman–Crippen MR) is 64.6 cm³/mol. The van der Waals surface area contributed by atoms with E-state index in [4.69, 9.17) is 0 Å². The summed E-state index contributed by atoms with van der Waals surface area (Å²) in [6.45, 7) is -0.0798. The molecule has 8 heteroatoms. The van der Waals surface area contributed by atoms with Crippen LogP contribution in [-0.4, -0.2) is 43.3 Å². The molecule has 3 amide bonds. The van der Waals surface area contributed by atoms with Crippen LogP contribution in [0, 0.1) is 0 Å². The van der Waals surface area contributed by atoms with Gasteiger partial charge in [-0.1, -0.05) is 18.2 Å². The molecule has 0 aromatic heterocycles. The van der Waals surface area contributed by atoms with Gasteiger partial charge in [0.2, 0.25) is 10.0 Å². The molecule has 0 bridgehead atoms. The van der Waals surface area contributed by atoms with E-state index < -0.39 is 27.5 Å². The van der Waals surface area contributed by atoms with E-state index in [-0.39, 0.29) is 18.0 Å². The molecule has 2 fully saturated rings. The van der Waals surface area contributed by atoms with Crippen LogP contribution in [-0.2, 0) is 14.8 Å². The second-order valence-corrected chi connectivity index (χ2v) is 6.51. The Labute approximate surface area is 109 Å². The first-order valence-corrected chi connectivity index (χ1v) is 7.07. The molecule has 1 aromatic carbocycles. The average molecular weight is 281 g/mol. The monoisotopic (exact) mass is 281 g/mol. The van der Waals surface area contributed by atoms with Gasteiger partial charge in [-0.25, -0.2) is 13.2 Å². The Morgan fingerprint density at radius 2 is 1.74 bits per heavy atom. The average Bonchev–Trinajstić information content (AvgIpc) is 2.63. The van der Waals surface area contributed by atoms with E-state index in [1.807, 2.05) is 0 Å². The maximum atomic E-state index is 12.2. The molecular weight excluding hydrogens is 270 g/mol. The molecule has 1 spiro atoms. The minimum absolute atomic E-state index is 0.0399. The van der Waals surface area contributed by atoms with Crippen molar-refractivity contribution in [2.75, 3.05) is 13.1 Å². The van der Waals surface area contributed by atoms with Crippen LogP contribution in [0.1, 0.15) is 0 Å². The van der Waals surface area contributed by atoms with Crippen LogP contribution in [0.4, 0.5) is 4.79 Å². The molecule has 1 aromatic rings. The van der Waals surface area contributed by atoms with Crippen molar-refractivity contribution in [3.8, 4) is 0 Å². The summed E-state index contributed by atoms with van der Waals surface area (Å²) < 4.78 is 25.6. The molecule has 0 atom stereocenters. The number of imide groups is 1. The molecule has 2 saturated heterocycles. The highest BCUT2D eigenvalue weighted by Crippen LogP contribution is 2.30. The highest BCUT2D eigenvalue weighted by molar-refractivity contribution is 7.89. The Morgan fingerprint density at radius 1 is 1.11 bits per heavy atom. The summed E-state index contributed by atoms with van der Waals surface area (Å²) in [4.78, 5) is 22.8. The first-order valence-electron chi connectivity index (χ1n) is 5.63. The van der Waals surface area contributed by atoms with Crippen LogP contribution in [0.3, 0.4) is 0 Å². The fourth-order valence-electron chi connectivity index (χ4n) is 2.22. The number of rotatable bonds is 2. The van der Waals surface area contributed by atoms with Crippen LogP contribution in [0.25, 0.3) is 0 Å². The van der Waals surface area contributed by atoms with E-state index in [1.54, 1.807) is 18.2 Å². The molecule has 2 aliphatic heterocycles. The molecule has 0 aliphatic carbocycles. The van der Waals surface area contributed by atoms with Crippen LogP contribution < -0.4 is 10.6 Å². The molecule has 7 nitrogen and oxygen atoms in total. The minimum Gasteiger partial charge on any atom is -0.321 e. The van der Waals surface area contributed by atoms with Crippen LogP contribution in [0.5, 0.6) is 0 Å². The zero-order chi connectivity index (χ0) is 13.7. The zero-order valence-corrected chi connectivity index (χ0v) is 10.6. The fraction of sp³-hybridized carbons (Fsp3) is 0.273. The molecule has 2 N–H and O–H groups in total. The van der Waals surface area contributed by atoms with E-state index in [0.717, 1.165) is 0 Å². The third-order valence-electron chi connectivity index (χ3n) is 3.29. The number of hydrogen-bond donors (Lipinski definition) is 2. The van der Waals surface area contributed by atoms with Crippen molar-refractivity contribution in [1.82, 2.24) is 14.9 Å². The maximum absolute atomic E-state index is 12.2. The van der Waals surface area contributed by atoms with Crippen LogP contribution >= 0.6 is 0 Å². The quantitative estimate of drug-likeness (QED) is 0.699. The minimum atomic E-state index is -3.60. The Kier molecular flexibility index (Phi) is 2.41. The first-order chi connectivity index (χ1) is 8.94. The predicted octanol–water partition coefficient (Wildman–Crippen LogP) is -0.731. The van der Waals surface area contributed by atoms with Crippen molar-refractivity contribution in [3.05, 3.63) is 30.3 Å². The van der Waals surface area contributed by atoms with Gasteiger partial charge in [-0.05, 0) is 12.1 Å². The third-order valence-corrected chi connectivity index (χ3v) is 5.09. The highest BCUT2D eigenvalue weighted by atomic mass is 32.2. The SMILES string of the molecule is O=C1NC(=O)C2(CN(S(=O)(=O)c3ccccc3)C2)N1. The number of urea groups is 1. The van der Waals surface area contributed by atoms with Gasteiger partial charge < -0.3 is 5.32 Å². The Bertz CT molecular complexity index is 650. The lowest BCUT2D eigenvalue weighted by molar-refractivity contribution is -0.127. The lowest BCUT2D eigenvalue weighted by Gasteiger charge is -2.43.